The highest BCUT2D eigenvalue weighted by Gasteiger charge is 2.12. The summed E-state index contributed by atoms with van der Waals surface area (Å²) in [5.74, 6) is -0.341. The van der Waals surface area contributed by atoms with Gasteiger partial charge >= 0.3 is 0 Å². The molecule has 1 heterocycles. The molecule has 1 aromatic rings. The third-order valence-electron chi connectivity index (χ3n) is 2.29. The zero-order valence-corrected chi connectivity index (χ0v) is 12.9. The van der Waals surface area contributed by atoms with Crippen LogP contribution in [-0.2, 0) is 9.71 Å². The number of rotatable bonds is 4. The number of hydrogen-bond donors (Lipinski definition) is 3. The number of halogens is 2. The van der Waals surface area contributed by atoms with E-state index in [1.165, 1.54) is 18.0 Å². The third-order valence-corrected chi connectivity index (χ3v) is 4.55. The third kappa shape index (κ3) is 4.68. The average molecular weight is 337 g/mol. The van der Waals surface area contributed by atoms with E-state index in [0.29, 0.717) is 22.0 Å². The van der Waals surface area contributed by atoms with Crippen LogP contribution in [0.4, 0.5) is 0 Å². The maximum atomic E-state index is 12.7. The van der Waals surface area contributed by atoms with Gasteiger partial charge in [-0.2, -0.15) is 4.40 Å². The van der Waals surface area contributed by atoms with Gasteiger partial charge in [0.05, 0.1) is 9.71 Å². The van der Waals surface area contributed by atoms with Gasteiger partial charge < -0.3 is 5.73 Å². The Morgan fingerprint density at radius 2 is 2.35 bits per heavy atom. The van der Waals surface area contributed by atoms with Crippen LogP contribution in [0.15, 0.2) is 34.3 Å². The fourth-order valence-corrected chi connectivity index (χ4v) is 3.14. The lowest BCUT2D eigenvalue weighted by Gasteiger charge is -2.10. The van der Waals surface area contributed by atoms with Crippen LogP contribution in [0.1, 0.15) is 12.0 Å². The number of hydroxylamine groups is 1. The van der Waals surface area contributed by atoms with E-state index in [2.05, 4.69) is 9.38 Å². The maximum Gasteiger partial charge on any atom is 0.226 e. The fraction of sp³-hybridized carbons (Fsp3) is 0.182. The minimum atomic E-state index is -2.86. The predicted molar refractivity (Wildman–Crippen MR) is 83.6 cm³/mol. The Balaban J connectivity index is 3.45. The van der Waals surface area contributed by atoms with E-state index < -0.39 is 9.71 Å². The van der Waals surface area contributed by atoms with Crippen LogP contribution in [0.25, 0.3) is 0 Å². The van der Waals surface area contributed by atoms with Gasteiger partial charge in [0.25, 0.3) is 0 Å². The van der Waals surface area contributed by atoms with Gasteiger partial charge in [-0.05, 0) is 12.1 Å². The molecule has 0 saturated carbocycles. The standard InChI is InChI=1S/C11H14Cl2N4O2S/c1-20(19,17-11(14)16-18)9(3-2-6-12)8-4-5-10(13)15-7-8/h2,4-7,18H,3H2,1H3,(H3,14,16,17,19). The van der Waals surface area contributed by atoms with Gasteiger partial charge in [0, 0.05) is 34.8 Å². The van der Waals surface area contributed by atoms with Crippen molar-refractivity contribution in [3.8, 4) is 0 Å². The smallest absolute Gasteiger partial charge is 0.226 e. The van der Waals surface area contributed by atoms with Crippen molar-refractivity contribution in [2.45, 2.75) is 6.42 Å². The van der Waals surface area contributed by atoms with Crippen molar-refractivity contribution < 1.29 is 9.42 Å². The first-order valence-corrected chi connectivity index (χ1v) is 8.12. The highest BCUT2D eigenvalue weighted by Crippen LogP contribution is 2.12. The second kappa shape index (κ2) is 7.49. The van der Waals surface area contributed by atoms with Crippen molar-refractivity contribution >= 4 is 43.7 Å². The van der Waals surface area contributed by atoms with Crippen LogP contribution < -0.4 is 11.2 Å². The van der Waals surface area contributed by atoms with Gasteiger partial charge in [-0.15, -0.1) is 0 Å². The SMILES string of the molecule is CS(=O)(N=C(N)NO)=C(CC=CCl)c1ccc(Cl)nc1. The highest BCUT2D eigenvalue weighted by atomic mass is 35.5. The van der Waals surface area contributed by atoms with Crippen molar-refractivity contribution in [3.05, 3.63) is 40.7 Å². The van der Waals surface area contributed by atoms with Crippen LogP contribution in [0.2, 0.25) is 5.15 Å². The summed E-state index contributed by atoms with van der Waals surface area (Å²) in [5.41, 5.74) is 8.91. The Hall–Kier alpha value is -1.28. The zero-order chi connectivity index (χ0) is 15.2. The zero-order valence-electron chi connectivity index (χ0n) is 10.6. The molecule has 0 aliphatic carbocycles. The molecule has 1 rings (SSSR count). The summed E-state index contributed by atoms with van der Waals surface area (Å²) >= 11 is 11.2. The molecule has 1 unspecified atom stereocenters. The Labute approximate surface area is 127 Å². The topological polar surface area (TPSA) is 101 Å². The molecule has 1 atom stereocenters. The largest absolute Gasteiger partial charge is 0.367 e. The molecule has 0 amide bonds. The molecule has 0 saturated heterocycles. The number of nitrogens with one attached hydrogen (secondary N) is 1. The Morgan fingerprint density at radius 1 is 1.65 bits per heavy atom. The molecule has 0 spiro atoms. The van der Waals surface area contributed by atoms with E-state index in [-0.39, 0.29) is 5.96 Å². The van der Waals surface area contributed by atoms with Crippen molar-refractivity contribution in [2.75, 3.05) is 6.26 Å². The summed E-state index contributed by atoms with van der Waals surface area (Å²) in [7, 11) is -2.86. The molecule has 20 heavy (non-hydrogen) atoms. The number of hydrogen-bond acceptors (Lipinski definition) is 3. The quantitative estimate of drug-likeness (QED) is 0.193. The molecule has 110 valence electrons. The molecule has 0 aliphatic rings. The van der Waals surface area contributed by atoms with Crippen LogP contribution in [0, 0.1) is 0 Å². The number of nitrogens with zero attached hydrogens (tertiary/aromatic N) is 2. The molecule has 6 nitrogen and oxygen atoms in total. The molecular formula is C11H14Cl2N4O2S. The number of allylic oxidation sites excluding steroid dienone is 1. The average Bonchev–Trinajstić information content (AvgIpc) is 2.40. The first kappa shape index (κ1) is 16.8. The van der Waals surface area contributed by atoms with Gasteiger partial charge in [-0.1, -0.05) is 29.3 Å². The van der Waals surface area contributed by atoms with Gasteiger partial charge in [0.15, 0.2) is 0 Å². The second-order valence-corrected chi connectivity index (χ2v) is 6.67. The molecule has 0 aliphatic heterocycles. The van der Waals surface area contributed by atoms with E-state index in [9.17, 15) is 4.21 Å². The van der Waals surface area contributed by atoms with Crippen molar-refractivity contribution in [2.24, 2.45) is 10.1 Å². The Kier molecular flexibility index (Phi) is 6.28. The van der Waals surface area contributed by atoms with Crippen LogP contribution in [0.3, 0.4) is 0 Å². The summed E-state index contributed by atoms with van der Waals surface area (Å²) in [5, 5.41) is 8.98. The maximum absolute atomic E-state index is 12.7. The normalized spacial score (nSPS) is 15.1. The van der Waals surface area contributed by atoms with E-state index in [0.717, 1.165) is 0 Å². The number of guanidine groups is 1. The highest BCUT2D eigenvalue weighted by molar-refractivity contribution is 8.01. The molecule has 0 fully saturated rings. The fourth-order valence-electron chi connectivity index (χ4n) is 1.45. The van der Waals surface area contributed by atoms with Gasteiger partial charge in [0.1, 0.15) is 5.15 Å². The van der Waals surface area contributed by atoms with Gasteiger partial charge in [-0.25, -0.2) is 14.7 Å². The summed E-state index contributed by atoms with van der Waals surface area (Å²) in [6, 6.07) is 3.25. The van der Waals surface area contributed by atoms with Crippen molar-refractivity contribution in [1.29, 1.82) is 0 Å². The number of aromatic nitrogens is 1. The van der Waals surface area contributed by atoms with E-state index in [1.807, 2.05) is 0 Å². The van der Waals surface area contributed by atoms with Gasteiger partial charge in [0.2, 0.25) is 5.96 Å². The Morgan fingerprint density at radius 3 is 2.85 bits per heavy atom. The summed E-state index contributed by atoms with van der Waals surface area (Å²) < 4.78 is 16.4. The minimum Gasteiger partial charge on any atom is -0.367 e. The van der Waals surface area contributed by atoms with Crippen LogP contribution in [-0.4, -0.2) is 31.5 Å². The predicted octanol–water partition coefficient (Wildman–Crippen LogP) is 1.52. The van der Waals surface area contributed by atoms with E-state index >= 15 is 0 Å². The second-order valence-electron chi connectivity index (χ2n) is 3.75. The molecule has 0 bridgehead atoms. The summed E-state index contributed by atoms with van der Waals surface area (Å²) in [4.78, 5) is 4.41. The lowest BCUT2D eigenvalue weighted by Crippen LogP contribution is -2.30. The minimum absolute atomic E-state index is 0.296. The number of pyridine rings is 1. The molecule has 0 aromatic carbocycles. The van der Waals surface area contributed by atoms with Crippen molar-refractivity contribution in [3.63, 3.8) is 0 Å². The monoisotopic (exact) mass is 336 g/mol. The molecule has 1 aromatic heterocycles. The number of nitrogens with two attached hydrogens (primary N) is 1. The van der Waals surface area contributed by atoms with E-state index in [4.69, 9.17) is 34.1 Å². The Bertz CT molecular complexity index is 634. The molecule has 4 N–H and O–H groups in total. The summed E-state index contributed by atoms with van der Waals surface area (Å²) in [6.45, 7) is 0. The first-order valence-electron chi connectivity index (χ1n) is 5.38. The molecule has 9 heteroatoms. The first-order chi connectivity index (χ1) is 9.40. The summed E-state index contributed by atoms with van der Waals surface area (Å²) in [6.07, 6.45) is 4.81. The molecular weight excluding hydrogens is 323 g/mol. The van der Waals surface area contributed by atoms with E-state index in [1.54, 1.807) is 23.7 Å². The lowest BCUT2D eigenvalue weighted by molar-refractivity contribution is 0.233. The van der Waals surface area contributed by atoms with Crippen LogP contribution >= 0.6 is 23.2 Å². The lowest BCUT2D eigenvalue weighted by atomic mass is 10.1. The van der Waals surface area contributed by atoms with Crippen molar-refractivity contribution in [1.82, 2.24) is 10.5 Å². The van der Waals surface area contributed by atoms with Gasteiger partial charge in [-0.3, -0.25) is 5.21 Å². The molecule has 0 radical (unpaired) electrons. The van der Waals surface area contributed by atoms with Crippen LogP contribution in [0.5, 0.6) is 0 Å².